The molecule has 0 atom stereocenters. The van der Waals surface area contributed by atoms with E-state index in [9.17, 15) is 9.59 Å². The van der Waals surface area contributed by atoms with Gasteiger partial charge >= 0.3 is 5.97 Å². The molecule has 122 valence electrons. The fraction of sp³-hybridized carbons (Fsp3) is 0.312. The molecule has 2 N–H and O–H groups in total. The fourth-order valence-corrected chi connectivity index (χ4v) is 2.44. The first-order chi connectivity index (χ1) is 10.8. The first-order valence-corrected chi connectivity index (χ1v) is 7.52. The summed E-state index contributed by atoms with van der Waals surface area (Å²) in [6.45, 7) is 4.08. The van der Waals surface area contributed by atoms with Crippen molar-refractivity contribution in [2.45, 2.75) is 26.3 Å². The van der Waals surface area contributed by atoms with E-state index in [1.807, 2.05) is 13.8 Å². The van der Waals surface area contributed by atoms with Crippen molar-refractivity contribution in [2.75, 3.05) is 0 Å². The quantitative estimate of drug-likeness (QED) is 0.880. The van der Waals surface area contributed by atoms with E-state index in [4.69, 9.17) is 16.7 Å². The van der Waals surface area contributed by atoms with Crippen LogP contribution in [0.4, 0.5) is 0 Å². The Balaban J connectivity index is 2.17. The van der Waals surface area contributed by atoms with Crippen LogP contribution in [-0.2, 0) is 13.6 Å². The summed E-state index contributed by atoms with van der Waals surface area (Å²) in [5, 5.41) is 16.3. The molecule has 1 aromatic carbocycles. The summed E-state index contributed by atoms with van der Waals surface area (Å²) in [7, 11) is 1.68. The van der Waals surface area contributed by atoms with Crippen LogP contribution in [0.3, 0.4) is 0 Å². The van der Waals surface area contributed by atoms with Crippen molar-refractivity contribution in [2.24, 2.45) is 7.05 Å². The SMILES string of the molecule is CC(C)c1nn(C)c(Cl)c1C(=O)NCc1cccc(C(=O)O)c1. The van der Waals surface area contributed by atoms with E-state index in [0.29, 0.717) is 16.8 Å². The lowest BCUT2D eigenvalue weighted by molar-refractivity contribution is 0.0696. The molecule has 2 aromatic rings. The zero-order chi connectivity index (χ0) is 17.1. The van der Waals surface area contributed by atoms with Crippen molar-refractivity contribution in [1.82, 2.24) is 15.1 Å². The highest BCUT2D eigenvalue weighted by Gasteiger charge is 2.23. The molecule has 0 bridgehead atoms. The number of carboxylic acids is 1. The molecular formula is C16H18ClN3O3. The molecule has 0 spiro atoms. The van der Waals surface area contributed by atoms with Gasteiger partial charge in [0.1, 0.15) is 5.15 Å². The Bertz CT molecular complexity index is 753. The minimum absolute atomic E-state index is 0.0600. The number of aromatic nitrogens is 2. The van der Waals surface area contributed by atoms with Gasteiger partial charge in [0.25, 0.3) is 5.91 Å². The van der Waals surface area contributed by atoms with Gasteiger partial charge in [0.2, 0.25) is 0 Å². The predicted molar refractivity (Wildman–Crippen MR) is 86.9 cm³/mol. The van der Waals surface area contributed by atoms with Crippen LogP contribution in [-0.4, -0.2) is 26.8 Å². The Morgan fingerprint density at radius 2 is 2.09 bits per heavy atom. The van der Waals surface area contributed by atoms with Crippen molar-refractivity contribution < 1.29 is 14.7 Å². The zero-order valence-electron chi connectivity index (χ0n) is 13.1. The number of hydrogen-bond donors (Lipinski definition) is 2. The van der Waals surface area contributed by atoms with Crippen molar-refractivity contribution in [3.05, 3.63) is 51.8 Å². The molecule has 0 radical (unpaired) electrons. The summed E-state index contributed by atoms with van der Waals surface area (Å²) in [5.74, 6) is -1.27. The number of rotatable bonds is 5. The summed E-state index contributed by atoms with van der Waals surface area (Å²) >= 11 is 6.16. The van der Waals surface area contributed by atoms with E-state index < -0.39 is 5.97 Å². The average molecular weight is 336 g/mol. The molecule has 1 aromatic heterocycles. The van der Waals surface area contributed by atoms with E-state index in [1.165, 1.54) is 16.8 Å². The second-order valence-electron chi connectivity index (χ2n) is 5.52. The topological polar surface area (TPSA) is 84.2 Å². The molecule has 0 aliphatic heterocycles. The lowest BCUT2D eigenvalue weighted by Crippen LogP contribution is -2.24. The molecule has 0 saturated heterocycles. The normalized spacial score (nSPS) is 10.8. The van der Waals surface area contributed by atoms with E-state index in [1.54, 1.807) is 19.2 Å². The summed E-state index contributed by atoms with van der Waals surface area (Å²) in [4.78, 5) is 23.4. The van der Waals surface area contributed by atoms with E-state index in [0.717, 1.165) is 0 Å². The lowest BCUT2D eigenvalue weighted by Gasteiger charge is -2.08. The Hall–Kier alpha value is -2.34. The summed E-state index contributed by atoms with van der Waals surface area (Å²) in [5.41, 5.74) is 1.87. The number of carboxylic acid groups (broad SMARTS) is 1. The minimum atomic E-state index is -1.00. The van der Waals surface area contributed by atoms with Crippen LogP contribution in [0.15, 0.2) is 24.3 Å². The molecule has 7 heteroatoms. The van der Waals surface area contributed by atoms with Gasteiger partial charge in [0, 0.05) is 13.6 Å². The predicted octanol–water partition coefficient (Wildman–Crippen LogP) is 2.83. The summed E-state index contributed by atoms with van der Waals surface area (Å²) in [6.07, 6.45) is 0. The van der Waals surface area contributed by atoms with E-state index in [-0.39, 0.29) is 29.1 Å². The molecule has 0 unspecified atom stereocenters. The molecule has 0 fully saturated rings. The number of nitrogens with one attached hydrogen (secondary N) is 1. The first-order valence-electron chi connectivity index (χ1n) is 7.14. The fourth-order valence-electron chi connectivity index (χ4n) is 2.22. The van der Waals surface area contributed by atoms with Crippen LogP contribution in [0.25, 0.3) is 0 Å². The van der Waals surface area contributed by atoms with Crippen molar-refractivity contribution in [3.63, 3.8) is 0 Å². The van der Waals surface area contributed by atoms with Gasteiger partial charge in [-0.2, -0.15) is 5.10 Å². The highest BCUT2D eigenvalue weighted by atomic mass is 35.5. The highest BCUT2D eigenvalue weighted by molar-refractivity contribution is 6.33. The third-order valence-electron chi connectivity index (χ3n) is 3.41. The van der Waals surface area contributed by atoms with Crippen LogP contribution < -0.4 is 5.32 Å². The van der Waals surface area contributed by atoms with Gasteiger partial charge in [-0.3, -0.25) is 9.48 Å². The van der Waals surface area contributed by atoms with Crippen LogP contribution in [0.5, 0.6) is 0 Å². The van der Waals surface area contributed by atoms with Crippen molar-refractivity contribution in [1.29, 1.82) is 0 Å². The molecular weight excluding hydrogens is 318 g/mol. The number of aromatic carboxylic acids is 1. The van der Waals surface area contributed by atoms with Crippen molar-refractivity contribution >= 4 is 23.5 Å². The van der Waals surface area contributed by atoms with Gasteiger partial charge in [-0.25, -0.2) is 4.79 Å². The van der Waals surface area contributed by atoms with Gasteiger partial charge in [-0.05, 0) is 23.6 Å². The monoisotopic (exact) mass is 335 g/mol. The molecule has 0 aliphatic rings. The Kier molecular flexibility index (Phi) is 5.05. The average Bonchev–Trinajstić information content (AvgIpc) is 2.81. The number of nitrogens with zero attached hydrogens (tertiary/aromatic N) is 2. The standard InChI is InChI=1S/C16H18ClN3O3/c1-9(2)13-12(14(17)20(3)19-13)15(21)18-8-10-5-4-6-11(7-10)16(22)23/h4-7,9H,8H2,1-3H3,(H,18,21)(H,22,23). The summed E-state index contributed by atoms with van der Waals surface area (Å²) < 4.78 is 1.47. The van der Waals surface area contributed by atoms with Crippen LogP contribution in [0.1, 0.15) is 51.7 Å². The van der Waals surface area contributed by atoms with E-state index in [2.05, 4.69) is 10.4 Å². The Morgan fingerprint density at radius 3 is 2.70 bits per heavy atom. The Morgan fingerprint density at radius 1 is 1.39 bits per heavy atom. The van der Waals surface area contributed by atoms with Crippen LogP contribution >= 0.6 is 11.6 Å². The third kappa shape index (κ3) is 3.71. The molecule has 0 aliphatic carbocycles. The van der Waals surface area contributed by atoms with Crippen LogP contribution in [0.2, 0.25) is 5.15 Å². The maximum atomic E-state index is 12.4. The molecule has 6 nitrogen and oxygen atoms in total. The maximum absolute atomic E-state index is 12.4. The second kappa shape index (κ2) is 6.83. The molecule has 1 heterocycles. The molecule has 0 saturated carbocycles. The van der Waals surface area contributed by atoms with Gasteiger partial charge in [-0.1, -0.05) is 37.6 Å². The highest BCUT2D eigenvalue weighted by Crippen LogP contribution is 2.25. The molecule has 23 heavy (non-hydrogen) atoms. The number of hydrogen-bond acceptors (Lipinski definition) is 3. The zero-order valence-corrected chi connectivity index (χ0v) is 13.9. The largest absolute Gasteiger partial charge is 0.478 e. The summed E-state index contributed by atoms with van der Waals surface area (Å²) in [6, 6.07) is 6.42. The minimum Gasteiger partial charge on any atom is -0.478 e. The third-order valence-corrected chi connectivity index (χ3v) is 3.84. The smallest absolute Gasteiger partial charge is 0.335 e. The first kappa shape index (κ1) is 17.0. The van der Waals surface area contributed by atoms with Gasteiger partial charge in [0.15, 0.2) is 0 Å². The van der Waals surface area contributed by atoms with Crippen molar-refractivity contribution in [3.8, 4) is 0 Å². The van der Waals surface area contributed by atoms with Gasteiger partial charge in [0.05, 0.1) is 16.8 Å². The number of carbonyl (C=O) groups excluding carboxylic acids is 1. The van der Waals surface area contributed by atoms with Crippen LogP contribution in [0, 0.1) is 0 Å². The Labute approximate surface area is 139 Å². The lowest BCUT2D eigenvalue weighted by atomic mass is 10.1. The number of amides is 1. The van der Waals surface area contributed by atoms with E-state index >= 15 is 0 Å². The second-order valence-corrected chi connectivity index (χ2v) is 5.88. The van der Waals surface area contributed by atoms with Gasteiger partial charge < -0.3 is 10.4 Å². The maximum Gasteiger partial charge on any atom is 0.335 e. The molecule has 1 amide bonds. The number of halogens is 1. The number of aryl methyl sites for hydroxylation is 1. The number of carbonyl (C=O) groups is 2. The number of benzene rings is 1. The molecule has 2 rings (SSSR count). The van der Waals surface area contributed by atoms with Gasteiger partial charge in [-0.15, -0.1) is 0 Å².